The van der Waals surface area contributed by atoms with E-state index in [0.717, 1.165) is 48.1 Å². The molecule has 32 heavy (non-hydrogen) atoms. The number of fused-ring (bicyclic) bond motifs is 4. The highest BCUT2D eigenvalue weighted by atomic mass is 16.5. The van der Waals surface area contributed by atoms with Gasteiger partial charge in [-0.2, -0.15) is 0 Å². The third-order valence-corrected chi connectivity index (χ3v) is 6.51. The zero-order valence-electron chi connectivity index (χ0n) is 18.4. The number of aromatic nitrogens is 1. The molecule has 1 unspecified atom stereocenters. The Bertz CT molecular complexity index is 1060. The number of hydrogen-bond acceptors (Lipinski definition) is 6. The molecule has 0 radical (unpaired) electrons. The fourth-order valence-corrected chi connectivity index (χ4v) is 5.05. The molecule has 1 amide bonds. The number of nitrogens with two attached hydrogens (primary N) is 1. The van der Waals surface area contributed by atoms with E-state index in [4.69, 9.17) is 15.2 Å². The van der Waals surface area contributed by atoms with Gasteiger partial charge in [-0.3, -0.25) is 19.5 Å². The van der Waals surface area contributed by atoms with Gasteiger partial charge in [0, 0.05) is 36.7 Å². The van der Waals surface area contributed by atoms with Crippen LogP contribution in [0.3, 0.4) is 0 Å². The summed E-state index contributed by atoms with van der Waals surface area (Å²) in [4.78, 5) is 29.9. The minimum Gasteiger partial charge on any atom is -0.497 e. The van der Waals surface area contributed by atoms with E-state index in [1.165, 1.54) is 13.0 Å². The summed E-state index contributed by atoms with van der Waals surface area (Å²) in [7, 11) is 1.64. The largest absolute Gasteiger partial charge is 0.497 e. The van der Waals surface area contributed by atoms with Crippen molar-refractivity contribution in [2.45, 2.75) is 31.9 Å². The second-order valence-corrected chi connectivity index (χ2v) is 8.47. The van der Waals surface area contributed by atoms with Crippen molar-refractivity contribution in [3.05, 3.63) is 60.3 Å². The molecule has 0 spiro atoms. The minimum atomic E-state index is -0.450. The van der Waals surface area contributed by atoms with Crippen molar-refractivity contribution in [3.63, 3.8) is 0 Å². The van der Waals surface area contributed by atoms with Crippen LogP contribution >= 0.6 is 0 Å². The zero-order valence-corrected chi connectivity index (χ0v) is 18.4. The predicted molar refractivity (Wildman–Crippen MR) is 122 cm³/mol. The molecule has 3 aliphatic heterocycles. The van der Waals surface area contributed by atoms with E-state index in [-0.39, 0.29) is 18.1 Å². The van der Waals surface area contributed by atoms with E-state index in [9.17, 15) is 9.59 Å². The molecule has 1 aromatic carbocycles. The topological polar surface area (TPSA) is 94.8 Å². The summed E-state index contributed by atoms with van der Waals surface area (Å²) in [6.45, 7) is 3.32. The number of hydrogen-bond donors (Lipinski definition) is 1. The van der Waals surface area contributed by atoms with E-state index >= 15 is 0 Å². The fourth-order valence-electron chi connectivity index (χ4n) is 5.05. The van der Waals surface area contributed by atoms with Gasteiger partial charge in [-0.1, -0.05) is 18.2 Å². The van der Waals surface area contributed by atoms with Crippen LogP contribution in [0.5, 0.6) is 5.75 Å². The van der Waals surface area contributed by atoms with Crippen molar-refractivity contribution in [3.8, 4) is 5.75 Å². The van der Waals surface area contributed by atoms with Crippen molar-refractivity contribution < 1.29 is 19.1 Å². The lowest BCUT2D eigenvalue weighted by Crippen LogP contribution is -2.55. The first kappa shape index (κ1) is 22.0. The molecule has 2 bridgehead atoms. The second kappa shape index (κ2) is 9.53. The van der Waals surface area contributed by atoms with E-state index in [1.807, 2.05) is 30.3 Å². The van der Waals surface area contributed by atoms with Gasteiger partial charge in [-0.15, -0.1) is 0 Å². The van der Waals surface area contributed by atoms with Crippen LogP contribution in [0.25, 0.3) is 10.9 Å². The van der Waals surface area contributed by atoms with Crippen LogP contribution < -0.4 is 10.5 Å². The predicted octanol–water partition coefficient (Wildman–Crippen LogP) is 3.16. The van der Waals surface area contributed by atoms with Crippen molar-refractivity contribution in [2.75, 3.05) is 20.2 Å². The normalized spacial score (nSPS) is 25.9. The molecule has 3 saturated heterocycles. The molecule has 4 heterocycles. The van der Waals surface area contributed by atoms with Gasteiger partial charge in [0.25, 0.3) is 0 Å². The van der Waals surface area contributed by atoms with Crippen molar-refractivity contribution >= 4 is 22.8 Å². The number of nitrogens with zero attached hydrogens (tertiary/aromatic N) is 2. The van der Waals surface area contributed by atoms with E-state index in [2.05, 4.69) is 16.0 Å². The lowest BCUT2D eigenvalue weighted by molar-refractivity contribution is -0.154. The van der Waals surface area contributed by atoms with E-state index in [1.54, 1.807) is 19.4 Å². The third-order valence-electron chi connectivity index (χ3n) is 6.51. The lowest BCUT2D eigenvalue weighted by atomic mass is 9.73. The number of amides is 1. The van der Waals surface area contributed by atoms with Crippen LogP contribution in [0.2, 0.25) is 0 Å². The maximum atomic E-state index is 12.1. The Labute approximate surface area is 187 Å². The van der Waals surface area contributed by atoms with Gasteiger partial charge >= 0.3 is 5.97 Å². The Morgan fingerprint density at radius 3 is 2.81 bits per heavy atom. The highest BCUT2D eigenvalue weighted by Crippen LogP contribution is 2.43. The van der Waals surface area contributed by atoms with Crippen molar-refractivity contribution in [1.29, 1.82) is 0 Å². The average Bonchev–Trinajstić information content (AvgIpc) is 2.80. The van der Waals surface area contributed by atoms with Gasteiger partial charge in [0.2, 0.25) is 5.91 Å². The standard InChI is InChI=1S/C25H29N3O4/c1-16(29)32-25(20-9-11-27-22-8-7-19(31-2)14-21(20)22)23-13-17-10-12-28(23)15-18(17)5-3-4-6-24(26)30/h3-9,11,14,17-18,23,25H,10,12-13,15H2,1-2H3,(H2,26,30)/b5-3-,6-4+/t17-,18-,23+,25-/m0/s1. The van der Waals surface area contributed by atoms with Crippen molar-refractivity contribution in [2.24, 2.45) is 17.6 Å². The number of piperidine rings is 3. The Balaban J connectivity index is 1.63. The molecule has 5 rings (SSSR count). The van der Waals surface area contributed by atoms with E-state index < -0.39 is 5.91 Å². The van der Waals surface area contributed by atoms with Crippen LogP contribution in [0.1, 0.15) is 31.4 Å². The van der Waals surface area contributed by atoms with Crippen LogP contribution in [0, 0.1) is 11.8 Å². The molecule has 2 aromatic rings. The number of carbonyl (C=O) groups is 2. The molecule has 0 saturated carbocycles. The van der Waals surface area contributed by atoms with E-state index in [0.29, 0.717) is 11.8 Å². The first-order valence-corrected chi connectivity index (χ1v) is 10.9. The lowest BCUT2D eigenvalue weighted by Gasteiger charge is -2.51. The average molecular weight is 436 g/mol. The summed E-state index contributed by atoms with van der Waals surface area (Å²) >= 11 is 0. The fraction of sp³-hybridized carbons (Fsp3) is 0.400. The molecule has 0 aliphatic carbocycles. The summed E-state index contributed by atoms with van der Waals surface area (Å²) < 4.78 is 11.4. The molecule has 3 aliphatic rings. The highest BCUT2D eigenvalue weighted by molar-refractivity contribution is 5.86. The quantitative estimate of drug-likeness (QED) is 0.408. The summed E-state index contributed by atoms with van der Waals surface area (Å²) in [5.74, 6) is 0.884. The van der Waals surface area contributed by atoms with Gasteiger partial charge in [0.05, 0.1) is 18.7 Å². The van der Waals surface area contributed by atoms with Crippen LogP contribution in [0.15, 0.2) is 54.8 Å². The molecule has 7 heteroatoms. The number of carbonyl (C=O) groups excluding carboxylic acids is 2. The number of allylic oxidation sites excluding steroid dienone is 2. The van der Waals surface area contributed by atoms with Gasteiger partial charge in [-0.05, 0) is 55.5 Å². The molecule has 3 fully saturated rings. The second-order valence-electron chi connectivity index (χ2n) is 8.47. The van der Waals surface area contributed by atoms with Crippen LogP contribution in [-0.2, 0) is 14.3 Å². The molecule has 5 atom stereocenters. The molecule has 2 N–H and O–H groups in total. The Morgan fingerprint density at radius 2 is 2.12 bits per heavy atom. The monoisotopic (exact) mass is 435 g/mol. The number of pyridine rings is 1. The maximum Gasteiger partial charge on any atom is 0.303 e. The highest BCUT2D eigenvalue weighted by Gasteiger charge is 2.44. The number of esters is 1. The van der Waals surface area contributed by atoms with Crippen molar-refractivity contribution in [1.82, 2.24) is 9.88 Å². The Hall–Kier alpha value is -3.19. The van der Waals surface area contributed by atoms with Gasteiger partial charge in [0.1, 0.15) is 11.9 Å². The summed E-state index contributed by atoms with van der Waals surface area (Å²) in [5, 5.41) is 0.939. The number of primary amides is 1. The summed E-state index contributed by atoms with van der Waals surface area (Å²) in [6.07, 6.45) is 10.5. The summed E-state index contributed by atoms with van der Waals surface area (Å²) in [5.41, 5.74) is 6.96. The van der Waals surface area contributed by atoms with Gasteiger partial charge in [0.15, 0.2) is 0 Å². The minimum absolute atomic E-state index is 0.0975. The molecule has 168 valence electrons. The Morgan fingerprint density at radius 1 is 1.28 bits per heavy atom. The Kier molecular flexibility index (Phi) is 6.55. The van der Waals surface area contributed by atoms with Gasteiger partial charge in [-0.25, -0.2) is 0 Å². The maximum absolute atomic E-state index is 12.1. The third kappa shape index (κ3) is 4.67. The van der Waals surface area contributed by atoms with Crippen LogP contribution in [-0.4, -0.2) is 48.0 Å². The molecular weight excluding hydrogens is 406 g/mol. The number of benzene rings is 1. The first-order chi connectivity index (χ1) is 15.5. The zero-order chi connectivity index (χ0) is 22.7. The number of ether oxygens (including phenoxy) is 2. The molecular formula is C25H29N3O4. The summed E-state index contributed by atoms with van der Waals surface area (Å²) in [6, 6.07) is 7.82. The SMILES string of the molecule is COc1ccc2nccc([C@H](OC(C)=O)[C@H]3C[C@@H]4CCN3C[C@@H]4/C=C\C=C\C(N)=O)c2c1. The van der Waals surface area contributed by atoms with Crippen LogP contribution in [0.4, 0.5) is 0 Å². The first-order valence-electron chi connectivity index (χ1n) is 10.9. The smallest absolute Gasteiger partial charge is 0.303 e. The van der Waals surface area contributed by atoms with Gasteiger partial charge < -0.3 is 15.2 Å². The number of methoxy groups -OCH3 is 1. The molecule has 1 aromatic heterocycles. The number of rotatable bonds is 7. The molecule has 7 nitrogen and oxygen atoms in total.